The molecule has 2 aromatic heterocycles. The zero-order valence-electron chi connectivity index (χ0n) is 9.25. The molecule has 0 atom stereocenters. The molecular formula is C10H10FN5O2. The predicted molar refractivity (Wildman–Crippen MR) is 58.2 cm³/mol. The fourth-order valence-electron chi connectivity index (χ4n) is 1.54. The number of carboxylic acid groups (broad SMARTS) is 1. The molecule has 0 spiro atoms. The summed E-state index contributed by atoms with van der Waals surface area (Å²) in [4.78, 5) is 14.6. The van der Waals surface area contributed by atoms with E-state index >= 15 is 0 Å². The normalized spacial score (nSPS) is 10.6. The van der Waals surface area contributed by atoms with Crippen molar-refractivity contribution in [2.45, 2.75) is 13.1 Å². The van der Waals surface area contributed by atoms with Crippen molar-refractivity contribution >= 4 is 5.97 Å². The minimum atomic E-state index is -1.20. The van der Waals surface area contributed by atoms with Crippen LogP contribution in [0.2, 0.25) is 0 Å². The molecule has 2 heterocycles. The highest BCUT2D eigenvalue weighted by Crippen LogP contribution is 2.09. The molecule has 0 radical (unpaired) electrons. The first-order chi connectivity index (χ1) is 8.61. The van der Waals surface area contributed by atoms with E-state index in [4.69, 9.17) is 10.8 Å². The number of aromatic carboxylic acids is 1. The Bertz CT molecular complexity index is 583. The van der Waals surface area contributed by atoms with Crippen molar-refractivity contribution in [2.24, 2.45) is 5.73 Å². The summed E-state index contributed by atoms with van der Waals surface area (Å²) in [5, 5.41) is 16.1. The number of hydrogen-bond acceptors (Lipinski definition) is 5. The number of rotatable bonds is 4. The van der Waals surface area contributed by atoms with Gasteiger partial charge in [-0.25, -0.2) is 13.9 Å². The number of aromatic nitrogens is 4. The SMILES string of the molecule is NCc1c(C(=O)O)nnn1Cc1cncc(F)c1. The van der Waals surface area contributed by atoms with Crippen LogP contribution in [0.1, 0.15) is 21.7 Å². The Labute approximate surface area is 101 Å². The van der Waals surface area contributed by atoms with E-state index in [9.17, 15) is 9.18 Å². The van der Waals surface area contributed by atoms with Crippen molar-refractivity contribution in [1.29, 1.82) is 0 Å². The van der Waals surface area contributed by atoms with Crippen LogP contribution in [-0.2, 0) is 13.1 Å². The second-order valence-corrected chi connectivity index (χ2v) is 3.56. The average molecular weight is 251 g/mol. The van der Waals surface area contributed by atoms with Crippen molar-refractivity contribution < 1.29 is 14.3 Å². The van der Waals surface area contributed by atoms with Gasteiger partial charge in [-0.1, -0.05) is 5.21 Å². The van der Waals surface area contributed by atoms with Crippen molar-refractivity contribution in [1.82, 2.24) is 20.0 Å². The zero-order chi connectivity index (χ0) is 13.1. The van der Waals surface area contributed by atoms with E-state index in [0.717, 1.165) is 6.20 Å². The Morgan fingerprint density at radius 2 is 2.28 bits per heavy atom. The van der Waals surface area contributed by atoms with E-state index in [0.29, 0.717) is 5.56 Å². The van der Waals surface area contributed by atoms with Gasteiger partial charge in [0.15, 0.2) is 5.69 Å². The summed E-state index contributed by atoms with van der Waals surface area (Å²) in [6.07, 6.45) is 2.54. The highest BCUT2D eigenvalue weighted by molar-refractivity contribution is 5.86. The van der Waals surface area contributed by atoms with Crippen LogP contribution in [0, 0.1) is 5.82 Å². The van der Waals surface area contributed by atoms with Gasteiger partial charge in [0.25, 0.3) is 0 Å². The van der Waals surface area contributed by atoms with Crippen LogP contribution in [0.5, 0.6) is 0 Å². The van der Waals surface area contributed by atoms with E-state index in [1.54, 1.807) is 0 Å². The molecular weight excluding hydrogens is 241 g/mol. The highest BCUT2D eigenvalue weighted by Gasteiger charge is 2.17. The van der Waals surface area contributed by atoms with Crippen LogP contribution in [-0.4, -0.2) is 31.1 Å². The number of hydrogen-bond donors (Lipinski definition) is 2. The molecule has 0 bridgehead atoms. The first-order valence-corrected chi connectivity index (χ1v) is 5.07. The molecule has 18 heavy (non-hydrogen) atoms. The van der Waals surface area contributed by atoms with E-state index in [1.807, 2.05) is 0 Å². The molecule has 7 nitrogen and oxygen atoms in total. The smallest absolute Gasteiger partial charge is 0.358 e. The molecule has 2 rings (SSSR count). The molecule has 0 saturated heterocycles. The Balaban J connectivity index is 2.32. The third-order valence-electron chi connectivity index (χ3n) is 2.33. The summed E-state index contributed by atoms with van der Waals surface area (Å²) >= 11 is 0. The molecule has 0 aromatic carbocycles. The standard InChI is InChI=1S/C10H10FN5O2/c11-7-1-6(3-13-4-7)5-16-8(2-12)9(10(17)18)14-15-16/h1,3-4H,2,5,12H2,(H,17,18). The summed E-state index contributed by atoms with van der Waals surface area (Å²) < 4.78 is 14.3. The van der Waals surface area contributed by atoms with Gasteiger partial charge in [0.05, 0.1) is 18.4 Å². The van der Waals surface area contributed by atoms with Gasteiger partial charge >= 0.3 is 5.97 Å². The molecule has 0 unspecified atom stereocenters. The van der Waals surface area contributed by atoms with Gasteiger partial charge in [0.2, 0.25) is 0 Å². The number of halogens is 1. The Hall–Kier alpha value is -2.35. The van der Waals surface area contributed by atoms with Gasteiger partial charge in [0.1, 0.15) is 5.82 Å². The third-order valence-corrected chi connectivity index (χ3v) is 2.33. The van der Waals surface area contributed by atoms with Crippen LogP contribution >= 0.6 is 0 Å². The average Bonchev–Trinajstić information content (AvgIpc) is 2.72. The zero-order valence-corrected chi connectivity index (χ0v) is 9.25. The van der Waals surface area contributed by atoms with Crippen molar-refractivity contribution in [3.05, 3.63) is 41.2 Å². The van der Waals surface area contributed by atoms with E-state index in [-0.39, 0.29) is 24.5 Å². The lowest BCUT2D eigenvalue weighted by atomic mass is 10.2. The summed E-state index contributed by atoms with van der Waals surface area (Å²) in [6, 6.07) is 1.29. The second-order valence-electron chi connectivity index (χ2n) is 3.56. The van der Waals surface area contributed by atoms with Gasteiger partial charge in [-0.05, 0) is 11.6 Å². The molecule has 0 fully saturated rings. The molecule has 0 saturated carbocycles. The number of nitrogens with zero attached hydrogens (tertiary/aromatic N) is 4. The minimum absolute atomic E-state index is 0.0165. The third kappa shape index (κ3) is 2.33. The summed E-state index contributed by atoms with van der Waals surface area (Å²) in [6.45, 7) is 0.148. The van der Waals surface area contributed by atoms with E-state index in [2.05, 4.69) is 15.3 Å². The summed E-state index contributed by atoms with van der Waals surface area (Å²) in [7, 11) is 0. The lowest BCUT2D eigenvalue weighted by molar-refractivity contribution is 0.0689. The number of nitrogens with two attached hydrogens (primary N) is 1. The van der Waals surface area contributed by atoms with Gasteiger partial charge in [-0.3, -0.25) is 4.98 Å². The molecule has 94 valence electrons. The van der Waals surface area contributed by atoms with Crippen LogP contribution in [0.3, 0.4) is 0 Å². The van der Waals surface area contributed by atoms with E-state index < -0.39 is 11.8 Å². The van der Waals surface area contributed by atoms with Gasteiger partial charge in [-0.2, -0.15) is 0 Å². The topological polar surface area (TPSA) is 107 Å². The predicted octanol–water partition coefficient (Wildman–Crippen LogP) is 0.0174. The van der Waals surface area contributed by atoms with Gasteiger partial charge in [-0.15, -0.1) is 5.10 Å². The molecule has 0 aliphatic rings. The van der Waals surface area contributed by atoms with Crippen LogP contribution in [0.4, 0.5) is 4.39 Å². The van der Waals surface area contributed by atoms with Crippen LogP contribution in [0.15, 0.2) is 18.5 Å². The van der Waals surface area contributed by atoms with Crippen LogP contribution in [0.25, 0.3) is 0 Å². The molecule has 3 N–H and O–H groups in total. The Morgan fingerprint density at radius 1 is 1.50 bits per heavy atom. The maximum atomic E-state index is 13.0. The first kappa shape index (κ1) is 12.1. The molecule has 0 aliphatic heterocycles. The van der Waals surface area contributed by atoms with Gasteiger partial charge in [0, 0.05) is 12.7 Å². The van der Waals surface area contributed by atoms with Crippen molar-refractivity contribution in [3.63, 3.8) is 0 Å². The lowest BCUT2D eigenvalue weighted by Gasteiger charge is -2.04. The largest absolute Gasteiger partial charge is 0.476 e. The van der Waals surface area contributed by atoms with Crippen LogP contribution < -0.4 is 5.73 Å². The Morgan fingerprint density at radius 3 is 2.89 bits per heavy atom. The number of carboxylic acids is 1. The molecule has 2 aromatic rings. The summed E-state index contributed by atoms with van der Waals surface area (Å²) in [5.74, 6) is -1.67. The monoisotopic (exact) mass is 251 g/mol. The highest BCUT2D eigenvalue weighted by atomic mass is 19.1. The van der Waals surface area contributed by atoms with E-state index in [1.165, 1.54) is 16.9 Å². The molecule has 8 heteroatoms. The minimum Gasteiger partial charge on any atom is -0.476 e. The quantitative estimate of drug-likeness (QED) is 0.793. The molecule has 0 aliphatic carbocycles. The van der Waals surface area contributed by atoms with Crippen molar-refractivity contribution in [2.75, 3.05) is 0 Å². The fraction of sp³-hybridized carbons (Fsp3) is 0.200. The van der Waals surface area contributed by atoms with Gasteiger partial charge < -0.3 is 10.8 Å². The maximum absolute atomic E-state index is 13.0. The number of carbonyl (C=O) groups is 1. The number of pyridine rings is 1. The second kappa shape index (κ2) is 4.88. The van der Waals surface area contributed by atoms with Crippen molar-refractivity contribution in [3.8, 4) is 0 Å². The first-order valence-electron chi connectivity index (χ1n) is 5.07. The summed E-state index contributed by atoms with van der Waals surface area (Å²) in [5.41, 5.74) is 6.10. The lowest BCUT2D eigenvalue weighted by Crippen LogP contribution is -2.13. The fourth-order valence-corrected chi connectivity index (χ4v) is 1.54. The maximum Gasteiger partial charge on any atom is 0.358 e. The molecule has 0 amide bonds. The Kier molecular flexibility index (Phi) is 3.28.